The molecule has 23 heavy (non-hydrogen) atoms. The summed E-state index contributed by atoms with van der Waals surface area (Å²) in [4.78, 5) is 14.8. The molecule has 0 fully saturated rings. The molecule has 0 amide bonds. The number of nitro benzene ring substituents is 1. The van der Waals surface area contributed by atoms with Crippen molar-refractivity contribution in [2.45, 2.75) is 32.0 Å². The van der Waals surface area contributed by atoms with E-state index in [9.17, 15) is 10.1 Å². The molecule has 0 bridgehead atoms. The standard InChI is InChI=1S/C14H16ClN5O3/c1-23-8-13-17-14-12(3-2-6-19(14)18-13)16-11-5-4-9(20(21)22)7-10(11)15/h4-5,7,12,16H,2-3,6,8H2,1H3. The molecule has 0 radical (unpaired) electrons. The average Bonchev–Trinajstić information content (AvgIpc) is 2.93. The van der Waals surface area contributed by atoms with E-state index in [4.69, 9.17) is 16.3 Å². The Morgan fingerprint density at radius 3 is 3.09 bits per heavy atom. The second-order valence-corrected chi connectivity index (χ2v) is 5.71. The van der Waals surface area contributed by atoms with Crippen LogP contribution in [0.2, 0.25) is 5.02 Å². The van der Waals surface area contributed by atoms with Crippen LogP contribution in [0.4, 0.5) is 11.4 Å². The molecular formula is C14H16ClN5O3. The van der Waals surface area contributed by atoms with Crippen molar-refractivity contribution in [2.75, 3.05) is 12.4 Å². The highest BCUT2D eigenvalue weighted by Crippen LogP contribution is 2.32. The number of methoxy groups -OCH3 is 1. The third-order valence-corrected chi connectivity index (χ3v) is 4.00. The number of aryl methyl sites for hydroxylation is 1. The topological polar surface area (TPSA) is 95.1 Å². The van der Waals surface area contributed by atoms with Gasteiger partial charge in [0.15, 0.2) is 5.82 Å². The summed E-state index contributed by atoms with van der Waals surface area (Å²) in [5.74, 6) is 1.48. The molecular weight excluding hydrogens is 322 g/mol. The third-order valence-electron chi connectivity index (χ3n) is 3.69. The zero-order valence-corrected chi connectivity index (χ0v) is 13.3. The number of ether oxygens (including phenoxy) is 1. The maximum Gasteiger partial charge on any atom is 0.271 e. The first-order valence-corrected chi connectivity index (χ1v) is 7.59. The van der Waals surface area contributed by atoms with Crippen molar-refractivity contribution in [1.82, 2.24) is 14.8 Å². The Morgan fingerprint density at radius 1 is 1.57 bits per heavy atom. The van der Waals surface area contributed by atoms with Gasteiger partial charge in [-0.2, -0.15) is 5.10 Å². The number of rotatable bonds is 5. The minimum atomic E-state index is -0.468. The Kier molecular flexibility index (Phi) is 4.44. The molecule has 2 heterocycles. The lowest BCUT2D eigenvalue weighted by atomic mass is 10.1. The molecule has 1 aromatic heterocycles. The predicted molar refractivity (Wildman–Crippen MR) is 84.4 cm³/mol. The molecule has 8 nitrogen and oxygen atoms in total. The number of nitrogens with one attached hydrogen (secondary N) is 1. The van der Waals surface area contributed by atoms with Gasteiger partial charge in [-0.1, -0.05) is 11.6 Å². The monoisotopic (exact) mass is 337 g/mol. The van der Waals surface area contributed by atoms with Crippen LogP contribution < -0.4 is 5.32 Å². The van der Waals surface area contributed by atoms with E-state index >= 15 is 0 Å². The van der Waals surface area contributed by atoms with Crippen LogP contribution in [0.3, 0.4) is 0 Å². The maximum atomic E-state index is 10.8. The van der Waals surface area contributed by atoms with Crippen molar-refractivity contribution in [1.29, 1.82) is 0 Å². The second kappa shape index (κ2) is 6.51. The highest BCUT2D eigenvalue weighted by molar-refractivity contribution is 6.33. The number of hydrogen-bond acceptors (Lipinski definition) is 6. The molecule has 0 spiro atoms. The van der Waals surface area contributed by atoms with E-state index < -0.39 is 4.92 Å². The Morgan fingerprint density at radius 2 is 2.39 bits per heavy atom. The Hall–Kier alpha value is -2.19. The molecule has 1 N–H and O–H groups in total. The van der Waals surface area contributed by atoms with Gasteiger partial charge in [-0.25, -0.2) is 9.67 Å². The minimum absolute atomic E-state index is 0.0326. The quantitative estimate of drug-likeness (QED) is 0.665. The van der Waals surface area contributed by atoms with E-state index in [-0.39, 0.29) is 11.7 Å². The summed E-state index contributed by atoms with van der Waals surface area (Å²) in [6.07, 6.45) is 1.85. The maximum absolute atomic E-state index is 10.8. The molecule has 1 aliphatic rings. The minimum Gasteiger partial charge on any atom is -0.377 e. The van der Waals surface area contributed by atoms with Crippen molar-refractivity contribution in [2.24, 2.45) is 0 Å². The van der Waals surface area contributed by atoms with Crippen LogP contribution in [0, 0.1) is 10.1 Å². The zero-order chi connectivity index (χ0) is 16.4. The smallest absolute Gasteiger partial charge is 0.271 e. The fraction of sp³-hybridized carbons (Fsp3) is 0.429. The summed E-state index contributed by atoms with van der Waals surface area (Å²) in [6, 6.07) is 4.35. The Balaban J connectivity index is 1.83. The first kappa shape index (κ1) is 15.7. The van der Waals surface area contributed by atoms with Crippen LogP contribution >= 0.6 is 11.6 Å². The molecule has 0 aliphatic carbocycles. The van der Waals surface area contributed by atoms with Crippen LogP contribution in [-0.4, -0.2) is 26.8 Å². The van der Waals surface area contributed by atoms with Gasteiger partial charge in [0.2, 0.25) is 0 Å². The van der Waals surface area contributed by atoms with Crippen molar-refractivity contribution in [3.63, 3.8) is 0 Å². The number of benzene rings is 1. The lowest BCUT2D eigenvalue weighted by molar-refractivity contribution is -0.384. The van der Waals surface area contributed by atoms with Crippen LogP contribution in [0.15, 0.2) is 18.2 Å². The number of non-ortho nitro benzene ring substituents is 1. The summed E-state index contributed by atoms with van der Waals surface area (Å²) in [7, 11) is 1.60. The van der Waals surface area contributed by atoms with Gasteiger partial charge >= 0.3 is 0 Å². The van der Waals surface area contributed by atoms with Crippen LogP contribution in [0.5, 0.6) is 0 Å². The van der Waals surface area contributed by atoms with Gasteiger partial charge < -0.3 is 10.1 Å². The van der Waals surface area contributed by atoms with Crippen LogP contribution in [0.25, 0.3) is 0 Å². The molecule has 2 aromatic rings. The van der Waals surface area contributed by atoms with Crippen molar-refractivity contribution >= 4 is 23.0 Å². The van der Waals surface area contributed by atoms with Gasteiger partial charge in [-0.3, -0.25) is 10.1 Å². The molecule has 0 saturated heterocycles. The number of nitro groups is 1. The van der Waals surface area contributed by atoms with Gasteiger partial charge in [-0.15, -0.1) is 0 Å². The van der Waals surface area contributed by atoms with Gasteiger partial charge in [0.05, 0.1) is 21.7 Å². The van der Waals surface area contributed by atoms with Crippen LogP contribution in [-0.2, 0) is 17.9 Å². The van der Waals surface area contributed by atoms with E-state index in [1.807, 2.05) is 4.68 Å². The largest absolute Gasteiger partial charge is 0.377 e. The number of nitrogens with zero attached hydrogens (tertiary/aromatic N) is 4. The SMILES string of the molecule is COCc1nc2n(n1)CCCC2Nc1ccc([N+](=O)[O-])cc1Cl. The first-order valence-electron chi connectivity index (χ1n) is 7.21. The van der Waals surface area contributed by atoms with Gasteiger partial charge in [-0.05, 0) is 18.9 Å². The summed E-state index contributed by atoms with van der Waals surface area (Å²) in [5, 5.41) is 18.8. The molecule has 0 saturated carbocycles. The van der Waals surface area contributed by atoms with E-state index in [0.717, 1.165) is 25.2 Å². The van der Waals surface area contributed by atoms with Gasteiger partial charge in [0.1, 0.15) is 12.4 Å². The summed E-state index contributed by atoms with van der Waals surface area (Å²) < 4.78 is 6.94. The second-order valence-electron chi connectivity index (χ2n) is 5.30. The Labute approximate surface area is 137 Å². The number of hydrogen-bond donors (Lipinski definition) is 1. The molecule has 122 valence electrons. The van der Waals surface area contributed by atoms with Gasteiger partial charge in [0, 0.05) is 25.8 Å². The first-order chi connectivity index (χ1) is 11.1. The number of halogens is 1. The van der Waals surface area contributed by atoms with Crippen molar-refractivity contribution < 1.29 is 9.66 Å². The van der Waals surface area contributed by atoms with E-state index in [1.165, 1.54) is 12.1 Å². The number of anilines is 1. The summed E-state index contributed by atoms with van der Waals surface area (Å²) >= 11 is 6.14. The van der Waals surface area contributed by atoms with E-state index in [2.05, 4.69) is 15.4 Å². The molecule has 9 heteroatoms. The highest BCUT2D eigenvalue weighted by atomic mass is 35.5. The van der Waals surface area contributed by atoms with E-state index in [1.54, 1.807) is 13.2 Å². The third kappa shape index (κ3) is 3.27. The van der Waals surface area contributed by atoms with Gasteiger partial charge in [0.25, 0.3) is 5.69 Å². The molecule has 3 rings (SSSR count). The zero-order valence-electron chi connectivity index (χ0n) is 12.5. The lowest BCUT2D eigenvalue weighted by Gasteiger charge is -2.24. The molecule has 1 atom stereocenters. The normalized spacial score (nSPS) is 16.9. The predicted octanol–water partition coefficient (Wildman–Crippen LogP) is 2.93. The number of fused-ring (bicyclic) bond motifs is 1. The number of aromatic nitrogens is 3. The molecule has 1 unspecified atom stereocenters. The lowest BCUT2D eigenvalue weighted by Crippen LogP contribution is -2.22. The van der Waals surface area contributed by atoms with Crippen molar-refractivity contribution in [3.05, 3.63) is 45.0 Å². The highest BCUT2D eigenvalue weighted by Gasteiger charge is 2.25. The summed E-state index contributed by atoms with van der Waals surface area (Å²) in [5.41, 5.74) is 0.613. The fourth-order valence-electron chi connectivity index (χ4n) is 2.65. The van der Waals surface area contributed by atoms with Crippen molar-refractivity contribution in [3.8, 4) is 0 Å². The van der Waals surface area contributed by atoms with Crippen LogP contribution in [0.1, 0.15) is 30.5 Å². The molecule has 1 aromatic carbocycles. The summed E-state index contributed by atoms with van der Waals surface area (Å²) in [6.45, 7) is 1.18. The van der Waals surface area contributed by atoms with E-state index in [0.29, 0.717) is 23.1 Å². The molecule has 1 aliphatic heterocycles. The fourth-order valence-corrected chi connectivity index (χ4v) is 2.88. The average molecular weight is 338 g/mol. The Bertz CT molecular complexity index is 733.